The van der Waals surface area contributed by atoms with E-state index < -0.39 is 0 Å². The summed E-state index contributed by atoms with van der Waals surface area (Å²) in [6.07, 6.45) is 3.27. The fourth-order valence-electron chi connectivity index (χ4n) is 1.69. The molecule has 2 nitrogen and oxygen atoms in total. The monoisotopic (exact) mass is 250 g/mol. The van der Waals surface area contributed by atoms with Crippen LogP contribution in [0.5, 0.6) is 0 Å². The minimum atomic E-state index is 0.556. The predicted molar refractivity (Wildman–Crippen MR) is 66.1 cm³/mol. The van der Waals surface area contributed by atoms with Crippen LogP contribution < -0.4 is 0 Å². The zero-order chi connectivity index (χ0) is 11.0. The fraction of sp³-hybridized carbons (Fsp3) is 0.333. The van der Waals surface area contributed by atoms with Crippen molar-refractivity contribution < 1.29 is 0 Å². The van der Waals surface area contributed by atoms with Crippen LogP contribution in [0.3, 0.4) is 0 Å². The molecule has 0 aromatic carbocycles. The second-order valence-electron chi connectivity index (χ2n) is 4.07. The van der Waals surface area contributed by atoms with Crippen LogP contribution in [0.4, 0.5) is 0 Å². The van der Waals surface area contributed by atoms with Crippen molar-refractivity contribution in [2.24, 2.45) is 0 Å². The van der Waals surface area contributed by atoms with Crippen LogP contribution in [0.25, 0.3) is 0 Å². The highest BCUT2D eigenvalue weighted by atomic mass is 35.5. The molecule has 1 aliphatic rings. The molecule has 82 valence electrons. The molecule has 0 bridgehead atoms. The molecule has 16 heavy (non-hydrogen) atoms. The molecule has 0 unspecified atom stereocenters. The standard InChI is InChI=1S/C12H11ClN2S/c13-11-7-9(6-10-2-1-5-16-10)14-12(15-11)8-3-4-8/h1-2,5,7-8H,3-4,6H2. The first-order valence-corrected chi connectivity index (χ1v) is 6.63. The fourth-order valence-corrected chi connectivity index (χ4v) is 2.62. The summed E-state index contributed by atoms with van der Waals surface area (Å²) in [5.74, 6) is 1.49. The van der Waals surface area contributed by atoms with E-state index in [0.717, 1.165) is 17.9 Å². The van der Waals surface area contributed by atoms with Crippen LogP contribution >= 0.6 is 22.9 Å². The zero-order valence-electron chi connectivity index (χ0n) is 8.69. The van der Waals surface area contributed by atoms with Crippen LogP contribution in [0.2, 0.25) is 5.15 Å². The molecule has 0 amide bonds. The smallest absolute Gasteiger partial charge is 0.133 e. The number of halogens is 1. The van der Waals surface area contributed by atoms with Crippen molar-refractivity contribution in [1.82, 2.24) is 9.97 Å². The van der Waals surface area contributed by atoms with Crippen molar-refractivity contribution in [2.75, 3.05) is 0 Å². The van der Waals surface area contributed by atoms with E-state index in [2.05, 4.69) is 27.5 Å². The van der Waals surface area contributed by atoms with Crippen molar-refractivity contribution in [3.8, 4) is 0 Å². The van der Waals surface area contributed by atoms with Crippen molar-refractivity contribution >= 4 is 22.9 Å². The Hall–Kier alpha value is -0.930. The number of hydrogen-bond acceptors (Lipinski definition) is 3. The second kappa shape index (κ2) is 4.15. The molecule has 0 spiro atoms. The average Bonchev–Trinajstić information content (AvgIpc) is 2.98. The van der Waals surface area contributed by atoms with Crippen molar-refractivity contribution in [3.63, 3.8) is 0 Å². The molecule has 2 aromatic heterocycles. The maximum absolute atomic E-state index is 6.01. The molecular weight excluding hydrogens is 240 g/mol. The Bertz CT molecular complexity index is 492. The summed E-state index contributed by atoms with van der Waals surface area (Å²) in [5.41, 5.74) is 1.03. The third-order valence-electron chi connectivity index (χ3n) is 2.64. The average molecular weight is 251 g/mol. The van der Waals surface area contributed by atoms with Gasteiger partial charge in [0.05, 0.1) is 5.69 Å². The molecule has 2 heterocycles. The van der Waals surface area contributed by atoms with Gasteiger partial charge in [-0.25, -0.2) is 9.97 Å². The lowest BCUT2D eigenvalue weighted by molar-refractivity contribution is 0.890. The lowest BCUT2D eigenvalue weighted by Crippen LogP contribution is -1.98. The van der Waals surface area contributed by atoms with Crippen molar-refractivity contribution in [1.29, 1.82) is 0 Å². The Balaban J connectivity index is 1.88. The van der Waals surface area contributed by atoms with Gasteiger partial charge >= 0.3 is 0 Å². The third kappa shape index (κ3) is 2.25. The van der Waals surface area contributed by atoms with Gasteiger partial charge in [0.25, 0.3) is 0 Å². The highest BCUT2D eigenvalue weighted by Crippen LogP contribution is 2.38. The molecule has 3 rings (SSSR count). The molecule has 0 atom stereocenters. The Morgan fingerprint density at radius 3 is 2.94 bits per heavy atom. The van der Waals surface area contributed by atoms with E-state index in [1.807, 2.05) is 6.07 Å². The molecular formula is C12H11ClN2S. The van der Waals surface area contributed by atoms with E-state index in [9.17, 15) is 0 Å². The van der Waals surface area contributed by atoms with E-state index >= 15 is 0 Å². The molecule has 1 saturated carbocycles. The van der Waals surface area contributed by atoms with Crippen LogP contribution in [-0.4, -0.2) is 9.97 Å². The van der Waals surface area contributed by atoms with Crippen LogP contribution in [0.1, 0.15) is 35.2 Å². The summed E-state index contributed by atoms with van der Waals surface area (Å²) >= 11 is 7.76. The predicted octanol–water partition coefficient (Wildman–Crippen LogP) is 3.66. The topological polar surface area (TPSA) is 25.8 Å². The number of nitrogens with zero attached hydrogens (tertiary/aromatic N) is 2. The van der Waals surface area contributed by atoms with Crippen LogP contribution in [-0.2, 0) is 6.42 Å². The zero-order valence-corrected chi connectivity index (χ0v) is 10.3. The molecule has 1 aliphatic carbocycles. The number of thiophene rings is 1. The van der Waals surface area contributed by atoms with E-state index in [4.69, 9.17) is 11.6 Å². The van der Waals surface area contributed by atoms with Gasteiger partial charge in [0, 0.05) is 17.2 Å². The Morgan fingerprint density at radius 1 is 1.38 bits per heavy atom. The summed E-state index contributed by atoms with van der Waals surface area (Å²) in [4.78, 5) is 10.2. The van der Waals surface area contributed by atoms with E-state index in [1.54, 1.807) is 11.3 Å². The number of rotatable bonds is 3. The summed E-state index contributed by atoms with van der Waals surface area (Å²) in [6.45, 7) is 0. The van der Waals surface area contributed by atoms with Gasteiger partial charge in [-0.05, 0) is 30.4 Å². The van der Waals surface area contributed by atoms with E-state index in [0.29, 0.717) is 11.1 Å². The summed E-state index contributed by atoms with van der Waals surface area (Å²) in [7, 11) is 0. The summed E-state index contributed by atoms with van der Waals surface area (Å²) < 4.78 is 0. The van der Waals surface area contributed by atoms with E-state index in [1.165, 1.54) is 17.7 Å². The second-order valence-corrected chi connectivity index (χ2v) is 5.49. The van der Waals surface area contributed by atoms with Gasteiger partial charge in [0.1, 0.15) is 11.0 Å². The molecule has 1 fully saturated rings. The lowest BCUT2D eigenvalue weighted by atomic mass is 10.2. The molecule has 0 radical (unpaired) electrons. The van der Waals surface area contributed by atoms with Gasteiger partial charge in [-0.3, -0.25) is 0 Å². The first-order chi connectivity index (χ1) is 7.81. The minimum absolute atomic E-state index is 0.556. The van der Waals surface area contributed by atoms with Gasteiger partial charge in [-0.1, -0.05) is 17.7 Å². The van der Waals surface area contributed by atoms with Gasteiger partial charge < -0.3 is 0 Å². The maximum atomic E-state index is 6.01. The van der Waals surface area contributed by atoms with Crippen LogP contribution in [0.15, 0.2) is 23.6 Å². The van der Waals surface area contributed by atoms with Gasteiger partial charge in [0.15, 0.2) is 0 Å². The normalized spacial score (nSPS) is 15.3. The van der Waals surface area contributed by atoms with Crippen LogP contribution in [0, 0.1) is 0 Å². The van der Waals surface area contributed by atoms with Gasteiger partial charge in [0.2, 0.25) is 0 Å². The molecule has 2 aromatic rings. The minimum Gasteiger partial charge on any atom is -0.237 e. The van der Waals surface area contributed by atoms with Crippen molar-refractivity contribution in [2.45, 2.75) is 25.2 Å². The molecule has 0 N–H and O–H groups in total. The Kier molecular flexibility index (Phi) is 2.65. The summed E-state index contributed by atoms with van der Waals surface area (Å²) in [5, 5.41) is 2.66. The highest BCUT2D eigenvalue weighted by molar-refractivity contribution is 7.09. The third-order valence-corrected chi connectivity index (χ3v) is 3.71. The lowest BCUT2D eigenvalue weighted by Gasteiger charge is -2.02. The number of hydrogen-bond donors (Lipinski definition) is 0. The maximum Gasteiger partial charge on any atom is 0.133 e. The van der Waals surface area contributed by atoms with Gasteiger partial charge in [-0.15, -0.1) is 11.3 Å². The Labute approximate surface area is 103 Å². The Morgan fingerprint density at radius 2 is 2.25 bits per heavy atom. The van der Waals surface area contributed by atoms with Gasteiger partial charge in [-0.2, -0.15) is 0 Å². The first-order valence-electron chi connectivity index (χ1n) is 5.37. The first kappa shape index (κ1) is 10.2. The largest absolute Gasteiger partial charge is 0.237 e. The molecule has 0 saturated heterocycles. The quantitative estimate of drug-likeness (QED) is 0.777. The SMILES string of the molecule is Clc1cc(Cc2cccs2)nc(C2CC2)n1. The highest BCUT2D eigenvalue weighted by Gasteiger charge is 2.27. The number of aromatic nitrogens is 2. The molecule has 4 heteroatoms. The van der Waals surface area contributed by atoms with E-state index in [-0.39, 0.29) is 0 Å². The molecule has 0 aliphatic heterocycles. The van der Waals surface area contributed by atoms with Crippen molar-refractivity contribution in [3.05, 3.63) is 45.1 Å². The summed E-state index contributed by atoms with van der Waals surface area (Å²) in [6, 6.07) is 6.05.